The van der Waals surface area contributed by atoms with Gasteiger partial charge >= 0.3 is 0 Å². The first-order valence-electron chi connectivity index (χ1n) is 8.37. The molecule has 0 aliphatic heterocycles. The van der Waals surface area contributed by atoms with Gasteiger partial charge in [0.2, 0.25) is 5.91 Å². The lowest BCUT2D eigenvalue weighted by atomic mass is 9.51. The van der Waals surface area contributed by atoms with E-state index in [4.69, 9.17) is 10.9 Å². The number of rotatable bonds is 5. The van der Waals surface area contributed by atoms with Gasteiger partial charge in [0.05, 0.1) is 6.54 Å². The zero-order chi connectivity index (χ0) is 15.0. The number of oxime groups is 1. The predicted octanol–water partition coefficient (Wildman–Crippen LogP) is 2.04. The monoisotopic (exact) mass is 293 g/mol. The summed E-state index contributed by atoms with van der Waals surface area (Å²) in [5, 5.41) is 11.8. The summed E-state index contributed by atoms with van der Waals surface area (Å²) in [7, 11) is 0. The van der Waals surface area contributed by atoms with Crippen molar-refractivity contribution in [3.63, 3.8) is 0 Å². The van der Waals surface area contributed by atoms with Crippen molar-refractivity contribution >= 4 is 11.7 Å². The summed E-state index contributed by atoms with van der Waals surface area (Å²) in [6.07, 6.45) is 7.27. The second-order valence-electron chi connectivity index (χ2n) is 7.31. The lowest BCUT2D eigenvalue weighted by Gasteiger charge is -2.54. The highest BCUT2D eigenvalue weighted by molar-refractivity contribution is 5.88. The molecule has 1 amide bonds. The molecule has 0 atom stereocenters. The van der Waals surface area contributed by atoms with E-state index in [0.717, 1.165) is 18.3 Å². The van der Waals surface area contributed by atoms with Gasteiger partial charge in [-0.25, -0.2) is 0 Å². The molecule has 4 bridgehead atoms. The molecular formula is C16H27N3O2. The smallest absolute Gasteiger partial charge is 0.226 e. The maximum absolute atomic E-state index is 13.0. The normalized spacial score (nSPS) is 37.8. The molecule has 21 heavy (non-hydrogen) atoms. The number of carbonyl (C=O) groups is 1. The lowest BCUT2D eigenvalue weighted by Crippen LogP contribution is -2.53. The van der Waals surface area contributed by atoms with E-state index in [1.165, 1.54) is 32.1 Å². The van der Waals surface area contributed by atoms with Crippen molar-refractivity contribution in [2.75, 3.05) is 13.1 Å². The molecule has 0 spiro atoms. The van der Waals surface area contributed by atoms with Crippen molar-refractivity contribution in [1.29, 1.82) is 0 Å². The molecule has 4 rings (SSSR count). The van der Waals surface area contributed by atoms with Crippen LogP contribution in [0, 0.1) is 29.6 Å². The summed E-state index contributed by atoms with van der Waals surface area (Å²) in [6.45, 7) is 3.01. The van der Waals surface area contributed by atoms with Gasteiger partial charge < -0.3 is 15.8 Å². The first-order chi connectivity index (χ1) is 10.1. The highest BCUT2D eigenvalue weighted by atomic mass is 16.4. The van der Waals surface area contributed by atoms with E-state index in [1.807, 2.05) is 4.90 Å². The molecule has 4 aliphatic carbocycles. The van der Waals surface area contributed by atoms with Gasteiger partial charge in [0.1, 0.15) is 0 Å². The summed E-state index contributed by atoms with van der Waals surface area (Å²) in [5.74, 6) is 3.48. The summed E-state index contributed by atoms with van der Waals surface area (Å²) < 4.78 is 0. The molecule has 4 fully saturated rings. The van der Waals surface area contributed by atoms with Crippen LogP contribution in [0.25, 0.3) is 0 Å². The fourth-order valence-electron chi connectivity index (χ4n) is 5.30. The summed E-state index contributed by atoms with van der Waals surface area (Å²) in [5.41, 5.74) is 5.62. The maximum Gasteiger partial charge on any atom is 0.226 e. The minimum Gasteiger partial charge on any atom is -0.409 e. The number of carbonyl (C=O) groups excluding carboxylic acids is 1. The molecule has 0 aromatic carbocycles. The van der Waals surface area contributed by atoms with Crippen LogP contribution in [0.1, 0.15) is 45.4 Å². The van der Waals surface area contributed by atoms with Crippen LogP contribution in [0.2, 0.25) is 0 Å². The average Bonchev–Trinajstić information content (AvgIpc) is 2.45. The van der Waals surface area contributed by atoms with E-state index in [9.17, 15) is 4.79 Å². The molecule has 118 valence electrons. The Morgan fingerprint density at radius 3 is 2.24 bits per heavy atom. The molecule has 0 saturated heterocycles. The summed E-state index contributed by atoms with van der Waals surface area (Å²) in [4.78, 5) is 14.8. The number of hydrogen-bond acceptors (Lipinski definition) is 3. The molecule has 4 saturated carbocycles. The van der Waals surface area contributed by atoms with Gasteiger partial charge in [-0.2, -0.15) is 0 Å². The second kappa shape index (κ2) is 5.85. The number of amides is 1. The van der Waals surface area contributed by atoms with Gasteiger partial charge in [0, 0.05) is 12.5 Å². The predicted molar refractivity (Wildman–Crippen MR) is 80.8 cm³/mol. The fourth-order valence-corrected chi connectivity index (χ4v) is 5.30. The number of nitrogens with two attached hydrogens (primary N) is 1. The van der Waals surface area contributed by atoms with Crippen LogP contribution in [0.4, 0.5) is 0 Å². The van der Waals surface area contributed by atoms with Crippen molar-refractivity contribution in [3.8, 4) is 0 Å². The topological polar surface area (TPSA) is 78.9 Å². The van der Waals surface area contributed by atoms with Crippen LogP contribution in [-0.4, -0.2) is 34.9 Å². The highest BCUT2D eigenvalue weighted by Crippen LogP contribution is 2.56. The Morgan fingerprint density at radius 2 is 1.76 bits per heavy atom. The Morgan fingerprint density at radius 1 is 1.19 bits per heavy atom. The zero-order valence-corrected chi connectivity index (χ0v) is 12.9. The van der Waals surface area contributed by atoms with Crippen LogP contribution in [0.15, 0.2) is 5.16 Å². The van der Waals surface area contributed by atoms with Gasteiger partial charge in [-0.3, -0.25) is 4.79 Å². The van der Waals surface area contributed by atoms with E-state index in [1.54, 1.807) is 0 Å². The number of amidine groups is 1. The van der Waals surface area contributed by atoms with Crippen molar-refractivity contribution in [2.24, 2.45) is 40.5 Å². The second-order valence-corrected chi connectivity index (χ2v) is 7.31. The van der Waals surface area contributed by atoms with Crippen molar-refractivity contribution in [3.05, 3.63) is 0 Å². The molecule has 0 unspecified atom stereocenters. The molecule has 0 radical (unpaired) electrons. The Labute approximate surface area is 126 Å². The van der Waals surface area contributed by atoms with Crippen LogP contribution >= 0.6 is 0 Å². The SMILES string of the molecule is CCCN(CC(N)=NO)C(=O)C1C2CC3CC(C2)CC1C3. The Balaban J connectivity index is 1.73. The van der Waals surface area contributed by atoms with Gasteiger partial charge in [0.25, 0.3) is 0 Å². The molecular weight excluding hydrogens is 266 g/mol. The summed E-state index contributed by atoms with van der Waals surface area (Å²) in [6, 6.07) is 0. The van der Waals surface area contributed by atoms with Crippen LogP contribution in [0.3, 0.4) is 0 Å². The van der Waals surface area contributed by atoms with Crippen LogP contribution in [-0.2, 0) is 4.79 Å². The number of nitrogens with zero attached hydrogens (tertiary/aromatic N) is 2. The molecule has 0 heterocycles. The molecule has 0 aromatic rings. The molecule has 0 aromatic heterocycles. The molecule has 3 N–H and O–H groups in total. The Bertz CT molecular complexity index is 407. The molecule has 5 nitrogen and oxygen atoms in total. The minimum absolute atomic E-state index is 0.126. The van der Waals surface area contributed by atoms with Crippen molar-refractivity contribution in [2.45, 2.75) is 45.4 Å². The fraction of sp³-hybridized carbons (Fsp3) is 0.875. The Hall–Kier alpha value is -1.26. The van der Waals surface area contributed by atoms with E-state index < -0.39 is 0 Å². The van der Waals surface area contributed by atoms with Gasteiger partial charge in [-0.05, 0) is 62.2 Å². The maximum atomic E-state index is 13.0. The molecule has 5 heteroatoms. The molecule has 4 aliphatic rings. The quantitative estimate of drug-likeness (QED) is 0.352. The summed E-state index contributed by atoms with van der Waals surface area (Å²) >= 11 is 0. The largest absolute Gasteiger partial charge is 0.409 e. The third-order valence-electron chi connectivity index (χ3n) is 5.80. The highest BCUT2D eigenvalue weighted by Gasteiger charge is 2.51. The van der Waals surface area contributed by atoms with Crippen LogP contribution < -0.4 is 5.73 Å². The first kappa shape index (κ1) is 14.7. The first-order valence-corrected chi connectivity index (χ1v) is 8.37. The van der Waals surface area contributed by atoms with E-state index in [0.29, 0.717) is 18.4 Å². The van der Waals surface area contributed by atoms with Crippen molar-refractivity contribution in [1.82, 2.24) is 4.90 Å². The minimum atomic E-state index is 0.126. The van der Waals surface area contributed by atoms with Gasteiger partial charge in [-0.1, -0.05) is 12.1 Å². The Kier molecular flexibility index (Phi) is 4.09. The third-order valence-corrected chi connectivity index (χ3v) is 5.80. The van der Waals surface area contributed by atoms with E-state index in [2.05, 4.69) is 12.1 Å². The standard InChI is InChI=1S/C16H27N3O2/c1-2-3-19(9-14(17)18-21)16(20)15-12-5-10-4-11(7-12)8-13(15)6-10/h10-13,15,21H,2-9H2,1H3,(H2,17,18). The zero-order valence-electron chi connectivity index (χ0n) is 12.9. The van der Waals surface area contributed by atoms with E-state index in [-0.39, 0.29) is 24.2 Å². The lowest BCUT2D eigenvalue weighted by molar-refractivity contribution is -0.148. The van der Waals surface area contributed by atoms with Gasteiger partial charge in [0.15, 0.2) is 5.84 Å². The third kappa shape index (κ3) is 2.74. The number of hydrogen-bond donors (Lipinski definition) is 2. The van der Waals surface area contributed by atoms with E-state index >= 15 is 0 Å². The van der Waals surface area contributed by atoms with Crippen LogP contribution in [0.5, 0.6) is 0 Å². The van der Waals surface area contributed by atoms with Gasteiger partial charge in [-0.15, -0.1) is 0 Å². The average molecular weight is 293 g/mol. The van der Waals surface area contributed by atoms with Crippen molar-refractivity contribution < 1.29 is 10.0 Å².